The Balaban J connectivity index is 2.87. The van der Waals surface area contributed by atoms with E-state index >= 15 is 0 Å². The van der Waals surface area contributed by atoms with Gasteiger partial charge in [-0.1, -0.05) is 57.2 Å². The van der Waals surface area contributed by atoms with Gasteiger partial charge in [-0.25, -0.2) is 0 Å². The Labute approximate surface area is 137 Å². The molecule has 1 aromatic carbocycles. The number of hydrogen-bond acceptors (Lipinski definition) is 0. The molecule has 22 heavy (non-hydrogen) atoms. The second kappa shape index (κ2) is 7.78. The zero-order chi connectivity index (χ0) is 16.6. The van der Waals surface area contributed by atoms with E-state index in [1.165, 1.54) is 0 Å². The first-order valence-electron chi connectivity index (χ1n) is 7.32. The standard InChI is InChI=1S/C20H22Si2/c1-21(2,3)16-9-7-12-19-14-11-15-20(18-19)13-8-10-17-22(4,5)6/h11,14-15,18H,1-6H3. The molecule has 0 aliphatic rings. The summed E-state index contributed by atoms with van der Waals surface area (Å²) in [5.41, 5.74) is 8.35. The summed E-state index contributed by atoms with van der Waals surface area (Å²) in [6.07, 6.45) is 0. The normalized spacial score (nSPS) is 9.73. The summed E-state index contributed by atoms with van der Waals surface area (Å²) in [5.74, 6) is 17.9. The van der Waals surface area contributed by atoms with Gasteiger partial charge in [-0.15, -0.1) is 11.1 Å². The largest absolute Gasteiger partial charge is 0.130 e. The molecule has 0 fully saturated rings. The lowest BCUT2D eigenvalue weighted by atomic mass is 10.1. The van der Waals surface area contributed by atoms with E-state index < -0.39 is 16.1 Å². The van der Waals surface area contributed by atoms with Gasteiger partial charge in [-0.2, -0.15) is 0 Å². The molecule has 0 nitrogen and oxygen atoms in total. The third-order valence-corrected chi connectivity index (χ3v) is 4.03. The zero-order valence-corrected chi connectivity index (χ0v) is 16.3. The van der Waals surface area contributed by atoms with Crippen LogP contribution in [-0.2, 0) is 0 Å². The highest BCUT2D eigenvalue weighted by atomic mass is 28.3. The molecule has 0 unspecified atom stereocenters. The molecule has 2 heteroatoms. The van der Waals surface area contributed by atoms with Crippen LogP contribution < -0.4 is 0 Å². The number of hydrogen-bond donors (Lipinski definition) is 0. The van der Waals surface area contributed by atoms with Gasteiger partial charge in [0.15, 0.2) is 0 Å². The van der Waals surface area contributed by atoms with E-state index in [1.54, 1.807) is 0 Å². The van der Waals surface area contributed by atoms with Crippen molar-refractivity contribution in [3.63, 3.8) is 0 Å². The molecule has 1 rings (SSSR count). The average Bonchev–Trinajstić information content (AvgIpc) is 2.38. The molecule has 0 aromatic heterocycles. The molecule has 0 bridgehead atoms. The maximum atomic E-state index is 3.24. The Morgan fingerprint density at radius 1 is 0.636 bits per heavy atom. The maximum absolute atomic E-state index is 3.24. The van der Waals surface area contributed by atoms with Crippen molar-refractivity contribution in [1.82, 2.24) is 0 Å². The summed E-state index contributed by atoms with van der Waals surface area (Å²) in [4.78, 5) is 0. The first-order chi connectivity index (χ1) is 10.2. The predicted molar refractivity (Wildman–Crippen MR) is 102 cm³/mol. The van der Waals surface area contributed by atoms with Crippen molar-refractivity contribution in [2.24, 2.45) is 0 Å². The van der Waals surface area contributed by atoms with E-state index in [0.717, 1.165) is 11.1 Å². The smallest absolute Gasteiger partial charge is 0.118 e. The van der Waals surface area contributed by atoms with Crippen molar-refractivity contribution in [3.8, 4) is 46.6 Å². The summed E-state index contributed by atoms with van der Waals surface area (Å²) >= 11 is 0. The van der Waals surface area contributed by atoms with Crippen LogP contribution in [0.15, 0.2) is 24.3 Å². The molecule has 0 saturated heterocycles. The molecule has 0 atom stereocenters. The van der Waals surface area contributed by atoms with Crippen LogP contribution in [0.25, 0.3) is 0 Å². The Bertz CT molecular complexity index is 707. The Kier molecular flexibility index (Phi) is 6.34. The monoisotopic (exact) mass is 318 g/mol. The minimum atomic E-state index is -1.34. The highest BCUT2D eigenvalue weighted by molar-refractivity contribution is 6.84. The van der Waals surface area contributed by atoms with E-state index in [2.05, 4.69) is 85.9 Å². The first-order valence-corrected chi connectivity index (χ1v) is 14.3. The van der Waals surface area contributed by atoms with Crippen molar-refractivity contribution in [2.45, 2.75) is 39.3 Å². The molecule has 0 aliphatic heterocycles. The molecular weight excluding hydrogens is 296 g/mol. The van der Waals surface area contributed by atoms with E-state index in [-0.39, 0.29) is 0 Å². The predicted octanol–water partition coefficient (Wildman–Crippen LogP) is 4.15. The third-order valence-electron chi connectivity index (χ3n) is 2.28. The summed E-state index contributed by atoms with van der Waals surface area (Å²) < 4.78 is 0. The third kappa shape index (κ3) is 8.95. The van der Waals surface area contributed by atoms with Gasteiger partial charge in [0, 0.05) is 11.1 Å². The molecular formula is C20H22Si2. The highest BCUT2D eigenvalue weighted by Gasteiger charge is 2.07. The molecule has 1 aromatic rings. The lowest BCUT2D eigenvalue weighted by Crippen LogP contribution is -2.16. The van der Waals surface area contributed by atoms with E-state index in [1.807, 2.05) is 24.3 Å². The van der Waals surface area contributed by atoms with Crippen molar-refractivity contribution in [2.75, 3.05) is 0 Å². The second-order valence-corrected chi connectivity index (χ2v) is 16.6. The Morgan fingerprint density at radius 2 is 1.05 bits per heavy atom. The molecule has 110 valence electrons. The van der Waals surface area contributed by atoms with Crippen LogP contribution in [0.1, 0.15) is 11.1 Å². The molecule has 0 amide bonds. The van der Waals surface area contributed by atoms with Crippen LogP contribution in [0.3, 0.4) is 0 Å². The van der Waals surface area contributed by atoms with Crippen molar-refractivity contribution in [3.05, 3.63) is 35.4 Å². The van der Waals surface area contributed by atoms with Crippen LogP contribution in [0, 0.1) is 46.6 Å². The van der Waals surface area contributed by atoms with Crippen LogP contribution in [0.4, 0.5) is 0 Å². The number of benzene rings is 1. The molecule has 0 heterocycles. The van der Waals surface area contributed by atoms with Gasteiger partial charge in [-0.05, 0) is 41.9 Å². The zero-order valence-electron chi connectivity index (χ0n) is 14.3. The van der Waals surface area contributed by atoms with Gasteiger partial charge in [0.05, 0.1) is 0 Å². The number of rotatable bonds is 0. The fourth-order valence-corrected chi connectivity index (χ4v) is 2.19. The minimum Gasteiger partial charge on any atom is -0.118 e. The van der Waals surface area contributed by atoms with Gasteiger partial charge in [-0.3, -0.25) is 0 Å². The maximum Gasteiger partial charge on any atom is 0.130 e. The summed E-state index contributed by atoms with van der Waals surface area (Å²) in [6, 6.07) is 7.89. The second-order valence-electron chi connectivity index (χ2n) is 7.08. The quantitative estimate of drug-likeness (QED) is 0.498. The van der Waals surface area contributed by atoms with Crippen LogP contribution in [0.2, 0.25) is 39.3 Å². The molecule has 0 saturated carbocycles. The van der Waals surface area contributed by atoms with Gasteiger partial charge >= 0.3 is 0 Å². The highest BCUT2D eigenvalue weighted by Crippen LogP contribution is 2.02. The summed E-state index contributed by atoms with van der Waals surface area (Å²) in [7, 11) is -2.68. The van der Waals surface area contributed by atoms with Gasteiger partial charge in [0.2, 0.25) is 0 Å². The first kappa shape index (κ1) is 17.9. The van der Waals surface area contributed by atoms with E-state index in [0.29, 0.717) is 0 Å². The van der Waals surface area contributed by atoms with Crippen LogP contribution in [0.5, 0.6) is 0 Å². The summed E-state index contributed by atoms with van der Waals surface area (Å²) in [6.45, 7) is 13.2. The van der Waals surface area contributed by atoms with Crippen LogP contribution >= 0.6 is 0 Å². The van der Waals surface area contributed by atoms with Gasteiger partial charge in [0.1, 0.15) is 16.1 Å². The van der Waals surface area contributed by atoms with Crippen LogP contribution in [-0.4, -0.2) is 16.1 Å². The molecule has 0 aliphatic carbocycles. The van der Waals surface area contributed by atoms with Gasteiger partial charge in [0.25, 0.3) is 0 Å². The molecule has 0 radical (unpaired) electrons. The molecule has 0 spiro atoms. The SMILES string of the molecule is C[Si](C)(C)C#CC#Cc1cccc(C#CC#C[Si](C)(C)C)c1. The topological polar surface area (TPSA) is 0 Å². The lowest BCUT2D eigenvalue weighted by Gasteiger charge is -2.01. The van der Waals surface area contributed by atoms with E-state index in [9.17, 15) is 0 Å². The van der Waals surface area contributed by atoms with Crippen molar-refractivity contribution in [1.29, 1.82) is 0 Å². The Hall–Kier alpha value is -2.11. The van der Waals surface area contributed by atoms with Crippen molar-refractivity contribution < 1.29 is 0 Å². The van der Waals surface area contributed by atoms with Gasteiger partial charge < -0.3 is 0 Å². The fourth-order valence-electron chi connectivity index (χ4n) is 1.32. The average molecular weight is 319 g/mol. The summed E-state index contributed by atoms with van der Waals surface area (Å²) in [5, 5.41) is 0. The minimum absolute atomic E-state index is 0.940. The Morgan fingerprint density at radius 3 is 1.41 bits per heavy atom. The van der Waals surface area contributed by atoms with Crippen molar-refractivity contribution >= 4 is 16.1 Å². The lowest BCUT2D eigenvalue weighted by molar-refractivity contribution is 1.60. The molecule has 0 N–H and O–H groups in total. The van der Waals surface area contributed by atoms with E-state index in [4.69, 9.17) is 0 Å². The fraction of sp³-hybridized carbons (Fsp3) is 0.300.